The molecule has 0 saturated carbocycles. The lowest BCUT2D eigenvalue weighted by atomic mass is 10.1. The third kappa shape index (κ3) is 3.76. The van der Waals surface area contributed by atoms with Crippen molar-refractivity contribution in [3.63, 3.8) is 0 Å². The number of sulfonamides is 1. The van der Waals surface area contributed by atoms with Gasteiger partial charge in [-0.2, -0.15) is 0 Å². The molecular formula is C13H20N2O3S. The number of hydrogen-bond acceptors (Lipinski definition) is 4. The summed E-state index contributed by atoms with van der Waals surface area (Å²) in [6, 6.07) is 6.39. The fraction of sp³-hybridized carbons (Fsp3) is 0.538. The van der Waals surface area contributed by atoms with E-state index in [-0.39, 0.29) is 11.5 Å². The summed E-state index contributed by atoms with van der Waals surface area (Å²) in [5.74, 6) is 0.376. The Morgan fingerprint density at radius 2 is 2.26 bits per heavy atom. The van der Waals surface area contributed by atoms with E-state index >= 15 is 0 Å². The molecule has 0 bridgehead atoms. The van der Waals surface area contributed by atoms with Gasteiger partial charge >= 0.3 is 0 Å². The number of benzene rings is 1. The number of likely N-dealkylation sites (tertiary alicyclic amines) is 1. The van der Waals surface area contributed by atoms with Crippen molar-refractivity contribution in [3.05, 3.63) is 29.8 Å². The number of hydrogen-bond donors (Lipinski definition) is 2. The van der Waals surface area contributed by atoms with E-state index < -0.39 is 10.0 Å². The quantitative estimate of drug-likeness (QED) is 0.821. The SMILES string of the molecule is CN1CCC(CNS(=O)(=O)c2cccc(CO)c2)C1. The Balaban J connectivity index is 2.01. The second-order valence-electron chi connectivity index (χ2n) is 5.07. The van der Waals surface area contributed by atoms with Gasteiger partial charge in [0.2, 0.25) is 10.0 Å². The Hall–Kier alpha value is -0.950. The van der Waals surface area contributed by atoms with Gasteiger partial charge in [-0.05, 0) is 43.6 Å². The van der Waals surface area contributed by atoms with Crippen molar-refractivity contribution in [3.8, 4) is 0 Å². The third-order valence-electron chi connectivity index (χ3n) is 3.44. The minimum atomic E-state index is -3.48. The molecule has 1 atom stereocenters. The summed E-state index contributed by atoms with van der Waals surface area (Å²) in [4.78, 5) is 2.41. The van der Waals surface area contributed by atoms with E-state index in [1.54, 1.807) is 18.2 Å². The van der Waals surface area contributed by atoms with Gasteiger partial charge in [0, 0.05) is 13.1 Å². The van der Waals surface area contributed by atoms with Crippen LogP contribution in [-0.2, 0) is 16.6 Å². The van der Waals surface area contributed by atoms with Crippen molar-refractivity contribution in [2.45, 2.75) is 17.9 Å². The average Bonchev–Trinajstić information content (AvgIpc) is 2.82. The number of aliphatic hydroxyl groups excluding tert-OH is 1. The van der Waals surface area contributed by atoms with Crippen LogP contribution >= 0.6 is 0 Å². The molecule has 2 rings (SSSR count). The van der Waals surface area contributed by atoms with Gasteiger partial charge in [0.05, 0.1) is 11.5 Å². The topological polar surface area (TPSA) is 69.6 Å². The summed E-state index contributed by atoms with van der Waals surface area (Å²) in [5, 5.41) is 9.04. The molecule has 6 heteroatoms. The fourth-order valence-corrected chi connectivity index (χ4v) is 3.50. The van der Waals surface area contributed by atoms with Gasteiger partial charge in [0.1, 0.15) is 0 Å². The first-order valence-corrected chi connectivity index (χ1v) is 7.87. The molecule has 5 nitrogen and oxygen atoms in total. The van der Waals surface area contributed by atoms with Gasteiger partial charge in [-0.15, -0.1) is 0 Å². The number of aliphatic hydroxyl groups is 1. The first kappa shape index (κ1) is 14.5. The number of nitrogens with zero attached hydrogens (tertiary/aromatic N) is 1. The molecule has 1 aliphatic heterocycles. The first-order valence-electron chi connectivity index (χ1n) is 6.39. The fourth-order valence-electron chi connectivity index (χ4n) is 2.31. The summed E-state index contributed by atoms with van der Waals surface area (Å²) in [6.45, 7) is 2.26. The van der Waals surface area contributed by atoms with Gasteiger partial charge in [-0.1, -0.05) is 12.1 Å². The van der Waals surface area contributed by atoms with Crippen LogP contribution in [0.5, 0.6) is 0 Å². The second kappa shape index (κ2) is 6.00. The number of rotatable bonds is 5. The van der Waals surface area contributed by atoms with Crippen LogP contribution in [0.4, 0.5) is 0 Å². The summed E-state index contributed by atoms with van der Waals surface area (Å²) < 4.78 is 26.9. The lowest BCUT2D eigenvalue weighted by molar-refractivity contribution is 0.281. The van der Waals surface area contributed by atoms with Crippen molar-refractivity contribution < 1.29 is 13.5 Å². The normalized spacial score (nSPS) is 20.8. The molecule has 0 spiro atoms. The van der Waals surface area contributed by atoms with Crippen LogP contribution < -0.4 is 4.72 Å². The van der Waals surface area contributed by atoms with E-state index in [1.807, 2.05) is 7.05 Å². The maximum atomic E-state index is 12.1. The standard InChI is InChI=1S/C13H20N2O3S/c1-15-6-5-12(9-15)8-14-19(17,18)13-4-2-3-11(7-13)10-16/h2-4,7,12,14,16H,5-6,8-10H2,1H3. The Labute approximate surface area is 114 Å². The molecule has 1 saturated heterocycles. The molecule has 2 N–H and O–H groups in total. The highest BCUT2D eigenvalue weighted by molar-refractivity contribution is 7.89. The largest absolute Gasteiger partial charge is 0.392 e. The zero-order chi connectivity index (χ0) is 13.9. The average molecular weight is 284 g/mol. The van der Waals surface area contributed by atoms with Crippen molar-refractivity contribution >= 4 is 10.0 Å². The van der Waals surface area contributed by atoms with E-state index in [2.05, 4.69) is 9.62 Å². The van der Waals surface area contributed by atoms with E-state index in [0.717, 1.165) is 19.5 Å². The molecule has 1 heterocycles. The van der Waals surface area contributed by atoms with Crippen LogP contribution in [0.1, 0.15) is 12.0 Å². The van der Waals surface area contributed by atoms with Crippen molar-refractivity contribution in [1.29, 1.82) is 0 Å². The lowest BCUT2D eigenvalue weighted by Gasteiger charge is -2.12. The van der Waals surface area contributed by atoms with Gasteiger partial charge in [0.15, 0.2) is 0 Å². The van der Waals surface area contributed by atoms with E-state index in [4.69, 9.17) is 5.11 Å². The summed E-state index contributed by atoms with van der Waals surface area (Å²) in [5.41, 5.74) is 0.600. The van der Waals surface area contributed by atoms with Gasteiger partial charge in [-0.3, -0.25) is 0 Å². The molecule has 0 amide bonds. The van der Waals surface area contributed by atoms with E-state index in [1.165, 1.54) is 6.07 Å². The molecule has 1 aliphatic rings. The summed E-state index contributed by atoms with van der Waals surface area (Å²) in [6.07, 6.45) is 1.02. The Morgan fingerprint density at radius 3 is 2.89 bits per heavy atom. The summed E-state index contributed by atoms with van der Waals surface area (Å²) >= 11 is 0. The maximum absolute atomic E-state index is 12.1. The van der Waals surface area contributed by atoms with Gasteiger partial charge in [0.25, 0.3) is 0 Å². The maximum Gasteiger partial charge on any atom is 0.240 e. The highest BCUT2D eigenvalue weighted by atomic mass is 32.2. The van der Waals surface area contributed by atoms with Crippen LogP contribution in [0, 0.1) is 5.92 Å². The molecule has 1 fully saturated rings. The number of nitrogens with one attached hydrogen (secondary N) is 1. The predicted molar refractivity (Wildman–Crippen MR) is 73.2 cm³/mol. The molecule has 1 aromatic rings. The first-order chi connectivity index (χ1) is 9.01. The van der Waals surface area contributed by atoms with Crippen molar-refractivity contribution in [1.82, 2.24) is 9.62 Å². The van der Waals surface area contributed by atoms with Gasteiger partial charge in [-0.25, -0.2) is 13.1 Å². The molecule has 0 radical (unpaired) electrons. The van der Waals surface area contributed by atoms with Crippen LogP contribution in [0.15, 0.2) is 29.2 Å². The van der Waals surface area contributed by atoms with Crippen LogP contribution in [0.2, 0.25) is 0 Å². The second-order valence-corrected chi connectivity index (χ2v) is 6.84. The zero-order valence-corrected chi connectivity index (χ0v) is 11.9. The molecule has 1 unspecified atom stereocenters. The molecular weight excluding hydrogens is 264 g/mol. The van der Waals surface area contributed by atoms with Crippen molar-refractivity contribution in [2.75, 3.05) is 26.7 Å². The summed E-state index contributed by atoms with van der Waals surface area (Å²) in [7, 11) is -1.44. The van der Waals surface area contributed by atoms with E-state index in [9.17, 15) is 8.42 Å². The smallest absolute Gasteiger partial charge is 0.240 e. The molecule has 1 aromatic carbocycles. The predicted octanol–water partition coefficient (Wildman–Crippen LogP) is 0.409. The van der Waals surface area contributed by atoms with E-state index in [0.29, 0.717) is 18.0 Å². The molecule has 0 aliphatic carbocycles. The molecule has 106 valence electrons. The minimum absolute atomic E-state index is 0.156. The van der Waals surface area contributed by atoms with Crippen LogP contribution in [0.25, 0.3) is 0 Å². The van der Waals surface area contributed by atoms with Crippen molar-refractivity contribution in [2.24, 2.45) is 5.92 Å². The van der Waals surface area contributed by atoms with Gasteiger partial charge < -0.3 is 10.0 Å². The molecule has 0 aromatic heterocycles. The Morgan fingerprint density at radius 1 is 1.47 bits per heavy atom. The molecule has 19 heavy (non-hydrogen) atoms. The lowest BCUT2D eigenvalue weighted by Crippen LogP contribution is -2.30. The monoisotopic (exact) mass is 284 g/mol. The minimum Gasteiger partial charge on any atom is -0.392 e. The van der Waals surface area contributed by atoms with Crippen LogP contribution in [0.3, 0.4) is 0 Å². The zero-order valence-electron chi connectivity index (χ0n) is 11.0. The Kier molecular flexibility index (Phi) is 4.57. The van der Waals surface area contributed by atoms with Crippen LogP contribution in [-0.4, -0.2) is 45.1 Å². The Bertz CT molecular complexity index is 530. The third-order valence-corrected chi connectivity index (χ3v) is 4.86. The highest BCUT2D eigenvalue weighted by Gasteiger charge is 2.22. The highest BCUT2D eigenvalue weighted by Crippen LogP contribution is 2.15.